The van der Waals surface area contributed by atoms with Gasteiger partial charge in [-0.3, -0.25) is 0 Å². The molecule has 21 heavy (non-hydrogen) atoms. The SMILES string of the molecule is CC(C)Oc1ncnc2ncc(-c3ccc(F)cc3)nc12. The van der Waals surface area contributed by atoms with Gasteiger partial charge in [-0.15, -0.1) is 0 Å². The minimum atomic E-state index is -0.292. The normalized spacial score (nSPS) is 11.0. The van der Waals surface area contributed by atoms with Crippen LogP contribution in [-0.4, -0.2) is 26.0 Å². The molecule has 0 aliphatic heterocycles. The molecule has 3 aromatic rings. The van der Waals surface area contributed by atoms with Gasteiger partial charge in [0, 0.05) is 5.56 Å². The number of benzene rings is 1. The first-order chi connectivity index (χ1) is 10.1. The topological polar surface area (TPSA) is 60.8 Å². The van der Waals surface area contributed by atoms with Crippen molar-refractivity contribution in [3.63, 3.8) is 0 Å². The van der Waals surface area contributed by atoms with Crippen LogP contribution in [0.3, 0.4) is 0 Å². The summed E-state index contributed by atoms with van der Waals surface area (Å²) in [6.07, 6.45) is 2.97. The van der Waals surface area contributed by atoms with E-state index in [0.717, 1.165) is 5.56 Å². The molecule has 106 valence electrons. The molecule has 6 heteroatoms. The van der Waals surface area contributed by atoms with Crippen LogP contribution in [0.25, 0.3) is 22.4 Å². The summed E-state index contributed by atoms with van der Waals surface area (Å²) in [5.41, 5.74) is 2.34. The molecule has 0 unspecified atom stereocenters. The molecule has 2 heterocycles. The predicted molar refractivity (Wildman–Crippen MR) is 76.3 cm³/mol. The summed E-state index contributed by atoms with van der Waals surface area (Å²) >= 11 is 0. The Balaban J connectivity index is 2.11. The number of halogens is 1. The van der Waals surface area contributed by atoms with Crippen molar-refractivity contribution in [2.75, 3.05) is 0 Å². The molecule has 0 bridgehead atoms. The number of hydrogen-bond donors (Lipinski definition) is 0. The van der Waals surface area contributed by atoms with E-state index in [1.165, 1.54) is 18.5 Å². The number of rotatable bonds is 3. The summed E-state index contributed by atoms with van der Waals surface area (Å²) in [5, 5.41) is 0. The highest BCUT2D eigenvalue weighted by Gasteiger charge is 2.11. The Morgan fingerprint density at radius 1 is 1.05 bits per heavy atom. The second-order valence-electron chi connectivity index (χ2n) is 4.78. The number of nitrogens with zero attached hydrogens (tertiary/aromatic N) is 4. The zero-order valence-electron chi connectivity index (χ0n) is 11.6. The van der Waals surface area contributed by atoms with Gasteiger partial charge in [0.25, 0.3) is 0 Å². The Hall–Kier alpha value is -2.63. The van der Waals surface area contributed by atoms with E-state index in [-0.39, 0.29) is 11.9 Å². The minimum absolute atomic E-state index is 0.0284. The molecule has 0 atom stereocenters. The predicted octanol–water partition coefficient (Wildman–Crippen LogP) is 3.01. The lowest BCUT2D eigenvalue weighted by Crippen LogP contribution is -2.08. The average molecular weight is 284 g/mol. The van der Waals surface area contributed by atoms with E-state index in [0.29, 0.717) is 22.7 Å². The maximum atomic E-state index is 13.0. The molecule has 0 fully saturated rings. The van der Waals surface area contributed by atoms with E-state index < -0.39 is 0 Å². The highest BCUT2D eigenvalue weighted by molar-refractivity contribution is 5.77. The molecular formula is C15H13FN4O. The summed E-state index contributed by atoms with van der Waals surface area (Å²) < 4.78 is 18.6. The standard InChI is InChI=1S/C15H13FN4O/c1-9(2)21-15-13-14(18-8-19-15)17-7-12(20-13)10-3-5-11(16)6-4-10/h3-9H,1-2H3. The van der Waals surface area contributed by atoms with Crippen LogP contribution in [0, 0.1) is 5.82 Å². The van der Waals surface area contributed by atoms with Crippen LogP contribution in [-0.2, 0) is 0 Å². The molecule has 0 saturated heterocycles. The third-order valence-corrected chi connectivity index (χ3v) is 2.80. The summed E-state index contributed by atoms with van der Waals surface area (Å²) in [4.78, 5) is 16.9. The van der Waals surface area contributed by atoms with E-state index in [1.807, 2.05) is 13.8 Å². The molecule has 0 spiro atoms. The minimum Gasteiger partial charge on any atom is -0.473 e. The lowest BCUT2D eigenvalue weighted by molar-refractivity contribution is 0.235. The third-order valence-electron chi connectivity index (χ3n) is 2.80. The van der Waals surface area contributed by atoms with Gasteiger partial charge in [0.1, 0.15) is 12.1 Å². The van der Waals surface area contributed by atoms with E-state index in [2.05, 4.69) is 19.9 Å². The Kier molecular flexibility index (Phi) is 3.43. The van der Waals surface area contributed by atoms with Gasteiger partial charge in [0.05, 0.1) is 18.0 Å². The third kappa shape index (κ3) is 2.79. The maximum Gasteiger partial charge on any atom is 0.245 e. The highest BCUT2D eigenvalue weighted by atomic mass is 19.1. The van der Waals surface area contributed by atoms with Gasteiger partial charge in [-0.2, -0.15) is 4.98 Å². The monoisotopic (exact) mass is 284 g/mol. The van der Waals surface area contributed by atoms with E-state index in [4.69, 9.17) is 4.74 Å². The van der Waals surface area contributed by atoms with Gasteiger partial charge < -0.3 is 4.74 Å². The Bertz CT molecular complexity index is 774. The van der Waals surface area contributed by atoms with Crippen LogP contribution >= 0.6 is 0 Å². The van der Waals surface area contributed by atoms with Gasteiger partial charge in [0.2, 0.25) is 5.88 Å². The van der Waals surface area contributed by atoms with Gasteiger partial charge in [0.15, 0.2) is 11.2 Å². The zero-order valence-corrected chi connectivity index (χ0v) is 11.6. The molecule has 0 radical (unpaired) electrons. The average Bonchev–Trinajstić information content (AvgIpc) is 2.47. The molecule has 0 saturated carbocycles. The first-order valence-corrected chi connectivity index (χ1v) is 6.54. The van der Waals surface area contributed by atoms with Crippen LogP contribution in [0.2, 0.25) is 0 Å². The van der Waals surface area contributed by atoms with Crippen molar-refractivity contribution < 1.29 is 9.13 Å². The number of hydrogen-bond acceptors (Lipinski definition) is 5. The zero-order chi connectivity index (χ0) is 14.8. The fraction of sp³-hybridized carbons (Fsp3) is 0.200. The molecule has 0 aliphatic carbocycles. The second-order valence-corrected chi connectivity index (χ2v) is 4.78. The van der Waals surface area contributed by atoms with Gasteiger partial charge in [-0.25, -0.2) is 19.3 Å². The molecule has 1 aromatic carbocycles. The molecule has 3 rings (SSSR count). The molecule has 0 amide bonds. The van der Waals surface area contributed by atoms with Gasteiger partial charge >= 0.3 is 0 Å². The maximum absolute atomic E-state index is 13.0. The molecule has 5 nitrogen and oxygen atoms in total. The Morgan fingerprint density at radius 2 is 1.81 bits per heavy atom. The summed E-state index contributed by atoms with van der Waals surface area (Å²) in [6, 6.07) is 6.07. The Morgan fingerprint density at radius 3 is 2.52 bits per heavy atom. The summed E-state index contributed by atoms with van der Waals surface area (Å²) in [5.74, 6) is 0.103. The second kappa shape index (κ2) is 5.40. The number of ether oxygens (including phenoxy) is 1. The first kappa shape index (κ1) is 13.4. The number of fused-ring (bicyclic) bond motifs is 1. The summed E-state index contributed by atoms with van der Waals surface area (Å²) in [6.45, 7) is 3.82. The van der Waals surface area contributed by atoms with Crippen molar-refractivity contribution in [1.29, 1.82) is 0 Å². The van der Waals surface area contributed by atoms with E-state index in [1.54, 1.807) is 18.3 Å². The largest absolute Gasteiger partial charge is 0.473 e. The van der Waals surface area contributed by atoms with Gasteiger partial charge in [-0.1, -0.05) is 0 Å². The van der Waals surface area contributed by atoms with Crippen LogP contribution in [0.1, 0.15) is 13.8 Å². The van der Waals surface area contributed by atoms with E-state index in [9.17, 15) is 4.39 Å². The van der Waals surface area contributed by atoms with Crippen LogP contribution < -0.4 is 4.74 Å². The quantitative estimate of drug-likeness (QED) is 0.740. The van der Waals surface area contributed by atoms with Crippen LogP contribution in [0.4, 0.5) is 4.39 Å². The van der Waals surface area contributed by atoms with Crippen molar-refractivity contribution in [3.8, 4) is 17.1 Å². The van der Waals surface area contributed by atoms with Crippen molar-refractivity contribution in [1.82, 2.24) is 19.9 Å². The van der Waals surface area contributed by atoms with Gasteiger partial charge in [-0.05, 0) is 38.1 Å². The molecule has 0 aliphatic rings. The fourth-order valence-electron chi connectivity index (χ4n) is 1.89. The van der Waals surface area contributed by atoms with Crippen molar-refractivity contribution in [3.05, 3.63) is 42.6 Å². The van der Waals surface area contributed by atoms with Crippen molar-refractivity contribution >= 4 is 11.2 Å². The van der Waals surface area contributed by atoms with Crippen molar-refractivity contribution in [2.24, 2.45) is 0 Å². The van der Waals surface area contributed by atoms with Crippen LogP contribution in [0.15, 0.2) is 36.8 Å². The molecule has 0 N–H and O–H groups in total. The van der Waals surface area contributed by atoms with Crippen LogP contribution in [0.5, 0.6) is 5.88 Å². The highest BCUT2D eigenvalue weighted by Crippen LogP contribution is 2.23. The first-order valence-electron chi connectivity index (χ1n) is 6.54. The van der Waals surface area contributed by atoms with Crippen molar-refractivity contribution in [2.45, 2.75) is 20.0 Å². The smallest absolute Gasteiger partial charge is 0.245 e. The number of aromatic nitrogens is 4. The van der Waals surface area contributed by atoms with E-state index >= 15 is 0 Å². The molecule has 2 aromatic heterocycles. The Labute approximate surface area is 120 Å². The fourth-order valence-corrected chi connectivity index (χ4v) is 1.89. The molecular weight excluding hydrogens is 271 g/mol. The lowest BCUT2D eigenvalue weighted by atomic mass is 10.1. The lowest BCUT2D eigenvalue weighted by Gasteiger charge is -2.10. The summed E-state index contributed by atoms with van der Waals surface area (Å²) in [7, 11) is 0.